The van der Waals surface area contributed by atoms with E-state index in [9.17, 15) is 4.79 Å². The van der Waals surface area contributed by atoms with E-state index in [0.717, 1.165) is 0 Å². The van der Waals surface area contributed by atoms with Crippen LogP contribution in [0.25, 0.3) is 12.0 Å². The summed E-state index contributed by atoms with van der Waals surface area (Å²) in [6, 6.07) is 3.37. The maximum Gasteiger partial charge on any atom is 0.338 e. The summed E-state index contributed by atoms with van der Waals surface area (Å²) in [5, 5.41) is 8.45. The Morgan fingerprint density at radius 3 is 3.00 bits per heavy atom. The smallest absolute Gasteiger partial charge is 0.274 e. The van der Waals surface area contributed by atoms with Gasteiger partial charge in [-0.05, 0) is 17.7 Å². The molecule has 17 heavy (non-hydrogen) atoms. The van der Waals surface area contributed by atoms with Gasteiger partial charge in [-0.3, -0.25) is 9.13 Å². The molecule has 0 aromatic carbocycles. The minimum Gasteiger partial charge on any atom is -0.274 e. The largest absolute Gasteiger partial charge is 0.338 e. The second-order valence-corrected chi connectivity index (χ2v) is 3.32. The third-order valence-electron chi connectivity index (χ3n) is 1.97. The molecule has 0 amide bonds. The van der Waals surface area contributed by atoms with Crippen molar-refractivity contribution in [3.05, 3.63) is 46.5 Å². The van der Waals surface area contributed by atoms with E-state index >= 15 is 0 Å². The number of imidazole rings is 1. The first kappa shape index (κ1) is 11.1. The summed E-state index contributed by atoms with van der Waals surface area (Å²) in [5.74, 6) is 0.374. The first-order chi connectivity index (χ1) is 8.22. The lowest BCUT2D eigenvalue weighted by Gasteiger charge is -1.98. The van der Waals surface area contributed by atoms with Gasteiger partial charge in [-0.25, -0.2) is 9.78 Å². The van der Waals surface area contributed by atoms with Gasteiger partial charge in [0.1, 0.15) is 5.82 Å². The van der Waals surface area contributed by atoms with Gasteiger partial charge in [0, 0.05) is 30.9 Å². The van der Waals surface area contributed by atoms with Crippen LogP contribution in [0.4, 0.5) is 0 Å². The standard InChI is InChI=1S/C10H6ClN5O/c11-9-13-4-2-8(14-9)16-7-6-15(10(16)17)5-1-3-12/h1-2,4-7H. The van der Waals surface area contributed by atoms with Crippen LogP contribution in [0, 0.1) is 11.3 Å². The molecule has 6 nitrogen and oxygen atoms in total. The Hall–Kier alpha value is -2.39. The average molecular weight is 248 g/mol. The number of hydrogen-bond acceptors (Lipinski definition) is 4. The Kier molecular flexibility index (Phi) is 3.03. The first-order valence-electron chi connectivity index (χ1n) is 4.57. The second-order valence-electron chi connectivity index (χ2n) is 2.99. The summed E-state index contributed by atoms with van der Waals surface area (Å²) in [6.07, 6.45) is 7.08. The molecular weight excluding hydrogens is 242 g/mol. The van der Waals surface area contributed by atoms with Gasteiger partial charge in [0.25, 0.3) is 0 Å². The van der Waals surface area contributed by atoms with Crippen LogP contribution in [0.1, 0.15) is 0 Å². The monoisotopic (exact) mass is 247 g/mol. The number of halogens is 1. The van der Waals surface area contributed by atoms with Crippen LogP contribution in [0.5, 0.6) is 0 Å². The van der Waals surface area contributed by atoms with Gasteiger partial charge in [-0.15, -0.1) is 0 Å². The van der Waals surface area contributed by atoms with Crippen LogP contribution >= 0.6 is 11.6 Å². The highest BCUT2D eigenvalue weighted by Gasteiger charge is 2.05. The van der Waals surface area contributed by atoms with Crippen molar-refractivity contribution in [3.8, 4) is 11.9 Å². The zero-order valence-electron chi connectivity index (χ0n) is 8.49. The summed E-state index contributed by atoms with van der Waals surface area (Å²) >= 11 is 5.64. The van der Waals surface area contributed by atoms with Crippen molar-refractivity contribution in [1.29, 1.82) is 5.26 Å². The molecule has 0 spiro atoms. The van der Waals surface area contributed by atoms with E-state index in [2.05, 4.69) is 9.97 Å². The molecule has 0 atom stereocenters. The molecule has 0 fully saturated rings. The third-order valence-corrected chi connectivity index (χ3v) is 2.15. The molecule has 2 rings (SSSR count). The van der Waals surface area contributed by atoms with Crippen LogP contribution in [-0.4, -0.2) is 19.1 Å². The fourth-order valence-corrected chi connectivity index (χ4v) is 1.40. The Morgan fingerprint density at radius 2 is 2.29 bits per heavy atom. The molecule has 0 unspecified atom stereocenters. The summed E-state index contributed by atoms with van der Waals surface area (Å²) in [4.78, 5) is 19.5. The molecule has 0 saturated carbocycles. The van der Waals surface area contributed by atoms with Crippen LogP contribution in [0.15, 0.2) is 35.5 Å². The van der Waals surface area contributed by atoms with Gasteiger partial charge in [0.15, 0.2) is 0 Å². The predicted octanol–water partition coefficient (Wildman–Crippen LogP) is 1.08. The normalized spacial score (nSPS) is 10.6. The lowest BCUT2D eigenvalue weighted by atomic mass is 10.6. The maximum absolute atomic E-state index is 11.8. The molecule has 0 aliphatic rings. The zero-order chi connectivity index (χ0) is 12.3. The summed E-state index contributed by atoms with van der Waals surface area (Å²) < 4.78 is 2.56. The fraction of sp³-hybridized carbons (Fsp3) is 0. The van der Waals surface area contributed by atoms with Crippen LogP contribution in [0.2, 0.25) is 5.28 Å². The Balaban J connectivity index is 2.49. The number of hydrogen-bond donors (Lipinski definition) is 0. The molecule has 0 aliphatic carbocycles. The number of aromatic nitrogens is 4. The van der Waals surface area contributed by atoms with E-state index in [0.29, 0.717) is 5.82 Å². The van der Waals surface area contributed by atoms with Crippen molar-refractivity contribution in [2.45, 2.75) is 0 Å². The SMILES string of the molecule is N#CC=Cn1ccn(-c2ccnc(Cl)n2)c1=O. The van der Waals surface area contributed by atoms with Crippen molar-refractivity contribution >= 4 is 17.8 Å². The Bertz CT molecular complexity index is 664. The van der Waals surface area contributed by atoms with Gasteiger partial charge >= 0.3 is 5.69 Å². The molecule has 2 heterocycles. The van der Waals surface area contributed by atoms with Gasteiger partial charge in [-0.1, -0.05) is 0 Å². The number of nitriles is 1. The molecule has 0 N–H and O–H groups in total. The summed E-state index contributed by atoms with van der Waals surface area (Å²) in [5.41, 5.74) is -0.341. The summed E-state index contributed by atoms with van der Waals surface area (Å²) in [7, 11) is 0. The van der Waals surface area contributed by atoms with Crippen LogP contribution < -0.4 is 5.69 Å². The third kappa shape index (κ3) is 2.24. The minimum absolute atomic E-state index is 0.0646. The van der Waals surface area contributed by atoms with Crippen LogP contribution in [-0.2, 0) is 0 Å². The molecular formula is C10H6ClN5O. The van der Waals surface area contributed by atoms with Crippen molar-refractivity contribution in [1.82, 2.24) is 19.1 Å². The number of allylic oxidation sites excluding steroid dienone is 1. The molecule has 2 aromatic heterocycles. The van der Waals surface area contributed by atoms with E-state index in [4.69, 9.17) is 16.9 Å². The topological polar surface area (TPSA) is 76.5 Å². The Morgan fingerprint density at radius 1 is 1.47 bits per heavy atom. The van der Waals surface area contributed by atoms with E-state index in [1.807, 2.05) is 0 Å². The van der Waals surface area contributed by atoms with Crippen molar-refractivity contribution in [2.24, 2.45) is 0 Å². The highest BCUT2D eigenvalue weighted by atomic mass is 35.5. The molecule has 2 aromatic rings. The zero-order valence-corrected chi connectivity index (χ0v) is 9.24. The van der Waals surface area contributed by atoms with E-state index in [1.165, 1.54) is 40.0 Å². The first-order valence-corrected chi connectivity index (χ1v) is 4.95. The van der Waals surface area contributed by atoms with Gasteiger partial charge in [0.05, 0.1) is 6.07 Å². The lowest BCUT2D eigenvalue weighted by Crippen LogP contribution is -2.20. The number of rotatable bonds is 2. The van der Waals surface area contributed by atoms with E-state index in [-0.39, 0.29) is 11.0 Å². The van der Waals surface area contributed by atoms with Crippen molar-refractivity contribution in [2.75, 3.05) is 0 Å². The highest BCUT2D eigenvalue weighted by molar-refractivity contribution is 6.28. The van der Waals surface area contributed by atoms with Crippen LogP contribution in [0.3, 0.4) is 0 Å². The minimum atomic E-state index is -0.341. The van der Waals surface area contributed by atoms with E-state index < -0.39 is 0 Å². The average Bonchev–Trinajstić information content (AvgIpc) is 2.68. The molecule has 0 radical (unpaired) electrons. The van der Waals surface area contributed by atoms with Gasteiger partial charge in [0.2, 0.25) is 5.28 Å². The molecule has 84 valence electrons. The van der Waals surface area contributed by atoms with Crippen molar-refractivity contribution in [3.63, 3.8) is 0 Å². The maximum atomic E-state index is 11.8. The van der Waals surface area contributed by atoms with Gasteiger partial charge in [-0.2, -0.15) is 10.2 Å². The Labute approximate surface area is 101 Å². The predicted molar refractivity (Wildman–Crippen MR) is 61.6 cm³/mol. The fourth-order valence-electron chi connectivity index (χ4n) is 1.25. The summed E-state index contributed by atoms with van der Waals surface area (Å²) in [6.45, 7) is 0. The molecule has 0 aliphatic heterocycles. The molecule has 0 saturated heterocycles. The molecule has 0 bridgehead atoms. The molecule has 7 heteroatoms. The van der Waals surface area contributed by atoms with Gasteiger partial charge < -0.3 is 0 Å². The second kappa shape index (κ2) is 4.63. The van der Waals surface area contributed by atoms with Crippen molar-refractivity contribution < 1.29 is 0 Å². The lowest BCUT2D eigenvalue weighted by molar-refractivity contribution is 0.897. The van der Waals surface area contributed by atoms with E-state index in [1.54, 1.807) is 12.1 Å². The number of nitrogens with zero attached hydrogens (tertiary/aromatic N) is 5. The quantitative estimate of drug-likeness (QED) is 0.588. The highest BCUT2D eigenvalue weighted by Crippen LogP contribution is 2.04.